The third kappa shape index (κ3) is 4.48. The number of nitrogens with one attached hydrogen (secondary N) is 3. The summed E-state index contributed by atoms with van der Waals surface area (Å²) in [7, 11) is 0. The van der Waals surface area contributed by atoms with Crippen LogP contribution < -0.4 is 21.7 Å². The van der Waals surface area contributed by atoms with Gasteiger partial charge in [-0.3, -0.25) is 0 Å². The van der Waals surface area contributed by atoms with Crippen molar-refractivity contribution in [2.45, 2.75) is 6.92 Å². The van der Waals surface area contributed by atoms with Gasteiger partial charge in [0.2, 0.25) is 0 Å². The first-order chi connectivity index (χ1) is 9.41. The molecule has 0 atom stereocenters. The maximum absolute atomic E-state index is 11.6. The number of amides is 4. The standard InChI is InChI=1S/C12H16N4O4/c1-7-3-2-4-8(9(7)10(17)18)16-12(20)15-6-5-14-11(13)19/h2-4H,5-6H2,1H3,(H,17,18)(H3,13,14,19)(H2,15,16,20). The summed E-state index contributed by atoms with van der Waals surface area (Å²) in [6.45, 7) is 1.99. The predicted octanol–water partition coefficient (Wildman–Crippen LogP) is 0.483. The van der Waals surface area contributed by atoms with E-state index in [4.69, 9.17) is 10.8 Å². The lowest BCUT2D eigenvalue weighted by Crippen LogP contribution is -2.38. The molecule has 0 heterocycles. The topological polar surface area (TPSA) is 134 Å². The molecular weight excluding hydrogens is 264 g/mol. The number of carbonyl (C=O) groups is 3. The zero-order chi connectivity index (χ0) is 15.1. The highest BCUT2D eigenvalue weighted by Gasteiger charge is 2.14. The smallest absolute Gasteiger partial charge is 0.338 e. The Morgan fingerprint density at radius 1 is 1.20 bits per heavy atom. The third-order valence-electron chi connectivity index (χ3n) is 2.44. The Bertz CT molecular complexity index is 530. The molecule has 1 aromatic rings. The van der Waals surface area contributed by atoms with Crippen LogP contribution in [-0.4, -0.2) is 36.2 Å². The molecule has 4 amide bonds. The Morgan fingerprint density at radius 2 is 1.85 bits per heavy atom. The second kappa shape index (κ2) is 6.98. The molecule has 0 aromatic heterocycles. The van der Waals surface area contributed by atoms with Crippen molar-refractivity contribution in [3.8, 4) is 0 Å². The minimum atomic E-state index is -1.12. The number of urea groups is 2. The summed E-state index contributed by atoms with van der Waals surface area (Å²) in [6.07, 6.45) is 0. The van der Waals surface area contributed by atoms with Crippen LogP contribution in [0.25, 0.3) is 0 Å². The highest BCUT2D eigenvalue weighted by atomic mass is 16.4. The highest BCUT2D eigenvalue weighted by Crippen LogP contribution is 2.19. The van der Waals surface area contributed by atoms with E-state index in [2.05, 4.69) is 16.0 Å². The van der Waals surface area contributed by atoms with E-state index in [1.807, 2.05) is 0 Å². The number of rotatable bonds is 5. The molecule has 0 unspecified atom stereocenters. The number of primary amides is 1. The zero-order valence-electron chi connectivity index (χ0n) is 10.9. The van der Waals surface area contributed by atoms with Gasteiger partial charge in [-0.1, -0.05) is 12.1 Å². The number of carboxylic acid groups (broad SMARTS) is 1. The highest BCUT2D eigenvalue weighted by molar-refractivity contribution is 6.01. The quantitative estimate of drug-likeness (QED) is 0.501. The number of hydrogen-bond donors (Lipinski definition) is 5. The Kier molecular flexibility index (Phi) is 5.33. The van der Waals surface area contributed by atoms with E-state index in [1.165, 1.54) is 6.07 Å². The van der Waals surface area contributed by atoms with Crippen LogP contribution in [0.15, 0.2) is 18.2 Å². The van der Waals surface area contributed by atoms with Crippen LogP contribution in [-0.2, 0) is 0 Å². The number of nitrogens with two attached hydrogens (primary N) is 1. The Balaban J connectivity index is 2.60. The number of carboxylic acids is 1. The number of benzene rings is 1. The average molecular weight is 280 g/mol. The number of aromatic carboxylic acids is 1. The van der Waals surface area contributed by atoms with Gasteiger partial charge >= 0.3 is 18.0 Å². The van der Waals surface area contributed by atoms with Crippen molar-refractivity contribution in [2.75, 3.05) is 18.4 Å². The van der Waals surface area contributed by atoms with Crippen molar-refractivity contribution in [1.29, 1.82) is 0 Å². The van der Waals surface area contributed by atoms with Crippen molar-refractivity contribution in [2.24, 2.45) is 5.73 Å². The third-order valence-corrected chi connectivity index (χ3v) is 2.44. The molecule has 1 rings (SSSR count). The van der Waals surface area contributed by atoms with Crippen LogP contribution in [0, 0.1) is 6.92 Å². The molecule has 108 valence electrons. The van der Waals surface area contributed by atoms with Crippen LogP contribution in [0.1, 0.15) is 15.9 Å². The molecule has 6 N–H and O–H groups in total. The Hall–Kier alpha value is -2.77. The van der Waals surface area contributed by atoms with Gasteiger partial charge in [-0.25, -0.2) is 14.4 Å². The SMILES string of the molecule is Cc1cccc(NC(=O)NCCNC(N)=O)c1C(=O)O. The summed E-state index contributed by atoms with van der Waals surface area (Å²) < 4.78 is 0. The molecule has 8 heteroatoms. The van der Waals surface area contributed by atoms with Crippen molar-refractivity contribution in [3.63, 3.8) is 0 Å². The summed E-state index contributed by atoms with van der Waals surface area (Å²) >= 11 is 0. The molecule has 0 saturated carbocycles. The molecule has 1 aromatic carbocycles. The van der Waals surface area contributed by atoms with E-state index in [-0.39, 0.29) is 24.3 Å². The van der Waals surface area contributed by atoms with Crippen LogP contribution in [0.4, 0.5) is 15.3 Å². The maximum atomic E-state index is 11.6. The number of hydrogen-bond acceptors (Lipinski definition) is 3. The van der Waals surface area contributed by atoms with E-state index in [0.29, 0.717) is 5.56 Å². The maximum Gasteiger partial charge on any atom is 0.338 e. The molecule has 0 radical (unpaired) electrons. The second-order valence-corrected chi connectivity index (χ2v) is 3.97. The van der Waals surface area contributed by atoms with E-state index in [0.717, 1.165) is 0 Å². The van der Waals surface area contributed by atoms with Gasteiger partial charge in [0.15, 0.2) is 0 Å². The molecule has 0 aliphatic rings. The van der Waals surface area contributed by atoms with Gasteiger partial charge < -0.3 is 26.8 Å². The second-order valence-electron chi connectivity index (χ2n) is 3.97. The minimum Gasteiger partial charge on any atom is -0.478 e. The lowest BCUT2D eigenvalue weighted by Gasteiger charge is -2.11. The lowest BCUT2D eigenvalue weighted by molar-refractivity contribution is 0.0697. The first-order valence-corrected chi connectivity index (χ1v) is 5.83. The van der Waals surface area contributed by atoms with E-state index >= 15 is 0 Å². The zero-order valence-corrected chi connectivity index (χ0v) is 10.9. The van der Waals surface area contributed by atoms with Gasteiger partial charge in [-0.05, 0) is 18.6 Å². The fraction of sp³-hybridized carbons (Fsp3) is 0.250. The lowest BCUT2D eigenvalue weighted by atomic mass is 10.1. The normalized spacial score (nSPS) is 9.65. The van der Waals surface area contributed by atoms with Gasteiger partial charge in [0, 0.05) is 13.1 Å². The fourth-order valence-corrected chi connectivity index (χ4v) is 1.58. The Morgan fingerprint density at radius 3 is 2.45 bits per heavy atom. The minimum absolute atomic E-state index is 0.0397. The van der Waals surface area contributed by atoms with E-state index in [9.17, 15) is 14.4 Å². The first-order valence-electron chi connectivity index (χ1n) is 5.83. The van der Waals surface area contributed by atoms with E-state index < -0.39 is 18.0 Å². The number of aryl methyl sites for hydroxylation is 1. The van der Waals surface area contributed by atoms with Crippen molar-refractivity contribution in [3.05, 3.63) is 29.3 Å². The van der Waals surface area contributed by atoms with Gasteiger partial charge in [0.05, 0.1) is 11.3 Å². The molecule has 0 aliphatic heterocycles. The number of anilines is 1. The molecule has 0 aliphatic carbocycles. The molecular formula is C12H16N4O4. The van der Waals surface area contributed by atoms with Crippen molar-refractivity contribution >= 4 is 23.7 Å². The average Bonchev–Trinajstić information content (AvgIpc) is 2.34. The Labute approximate surface area is 115 Å². The van der Waals surface area contributed by atoms with Gasteiger partial charge in [0.25, 0.3) is 0 Å². The van der Waals surface area contributed by atoms with Gasteiger partial charge in [0.1, 0.15) is 0 Å². The molecule has 20 heavy (non-hydrogen) atoms. The summed E-state index contributed by atoms with van der Waals surface area (Å²) in [5.41, 5.74) is 5.65. The molecule has 0 fully saturated rings. The van der Waals surface area contributed by atoms with Gasteiger partial charge in [-0.15, -0.1) is 0 Å². The van der Waals surface area contributed by atoms with Crippen LogP contribution in [0.2, 0.25) is 0 Å². The molecule has 0 bridgehead atoms. The first kappa shape index (κ1) is 15.3. The molecule has 8 nitrogen and oxygen atoms in total. The predicted molar refractivity (Wildman–Crippen MR) is 72.7 cm³/mol. The number of carbonyl (C=O) groups excluding carboxylic acids is 2. The molecule has 0 spiro atoms. The summed E-state index contributed by atoms with van der Waals surface area (Å²) in [5.74, 6) is -1.12. The van der Waals surface area contributed by atoms with Crippen molar-refractivity contribution in [1.82, 2.24) is 10.6 Å². The summed E-state index contributed by atoms with van der Waals surface area (Å²) in [5, 5.41) is 16.3. The van der Waals surface area contributed by atoms with E-state index in [1.54, 1.807) is 19.1 Å². The monoisotopic (exact) mass is 280 g/mol. The fourth-order valence-electron chi connectivity index (χ4n) is 1.58. The van der Waals surface area contributed by atoms with Crippen molar-refractivity contribution < 1.29 is 19.5 Å². The van der Waals surface area contributed by atoms with Crippen LogP contribution in [0.3, 0.4) is 0 Å². The summed E-state index contributed by atoms with van der Waals surface area (Å²) in [4.78, 5) is 33.1. The largest absolute Gasteiger partial charge is 0.478 e. The van der Waals surface area contributed by atoms with Gasteiger partial charge in [-0.2, -0.15) is 0 Å². The molecule has 0 saturated heterocycles. The van der Waals surface area contributed by atoms with Crippen LogP contribution in [0.5, 0.6) is 0 Å². The van der Waals surface area contributed by atoms with Crippen LogP contribution >= 0.6 is 0 Å². The summed E-state index contributed by atoms with van der Waals surface area (Å²) in [6, 6.07) is 3.54.